The Balaban J connectivity index is 1.75. The first kappa shape index (κ1) is 25.2. The van der Waals surface area contributed by atoms with E-state index in [0.29, 0.717) is 17.1 Å². The largest absolute Gasteiger partial charge is 0.463 e. The Bertz CT molecular complexity index is 1080. The molecule has 0 bridgehead atoms. The highest BCUT2D eigenvalue weighted by molar-refractivity contribution is 7.98. The number of nitrogens with one attached hydrogen (secondary N) is 2. The monoisotopic (exact) mass is 484 g/mol. The van der Waals surface area contributed by atoms with Crippen molar-refractivity contribution >= 4 is 29.7 Å². The molecule has 1 aromatic heterocycles. The van der Waals surface area contributed by atoms with Gasteiger partial charge >= 0.3 is 18.0 Å². The van der Waals surface area contributed by atoms with Crippen molar-refractivity contribution in [3.63, 3.8) is 0 Å². The Kier molecular flexibility index (Phi) is 8.64. The molecule has 2 N–H and O–H groups in total. The van der Waals surface area contributed by atoms with Crippen LogP contribution in [0.5, 0.6) is 0 Å². The third-order valence-corrected chi connectivity index (χ3v) is 5.87. The van der Waals surface area contributed by atoms with Crippen LogP contribution in [0.1, 0.15) is 41.9 Å². The second kappa shape index (κ2) is 11.6. The van der Waals surface area contributed by atoms with Gasteiger partial charge in [0.1, 0.15) is 6.61 Å². The third kappa shape index (κ3) is 6.13. The summed E-state index contributed by atoms with van der Waals surface area (Å²) in [4.78, 5) is 46.4. The number of aryl methyl sites for hydroxylation is 2. The summed E-state index contributed by atoms with van der Waals surface area (Å²) in [5, 5.41) is 6.03. The molecule has 3 rings (SSSR count). The van der Waals surface area contributed by atoms with Crippen molar-refractivity contribution in [2.24, 2.45) is 0 Å². The molecule has 34 heavy (non-hydrogen) atoms. The zero-order valence-corrected chi connectivity index (χ0v) is 20.5. The molecule has 10 heteroatoms. The van der Waals surface area contributed by atoms with Crippen molar-refractivity contribution in [2.75, 3.05) is 19.5 Å². The van der Waals surface area contributed by atoms with Crippen LogP contribution >= 0.6 is 11.8 Å². The van der Waals surface area contributed by atoms with Crippen molar-refractivity contribution in [3.05, 3.63) is 64.1 Å². The summed E-state index contributed by atoms with van der Waals surface area (Å²) in [6, 6.07) is 7.84. The van der Waals surface area contributed by atoms with Gasteiger partial charge < -0.3 is 20.1 Å². The smallest absolute Gasteiger partial charge is 0.338 e. The van der Waals surface area contributed by atoms with E-state index < -0.39 is 24.0 Å². The molecular weight excluding hydrogens is 456 g/mol. The number of benzene rings is 1. The van der Waals surface area contributed by atoms with E-state index in [4.69, 9.17) is 9.47 Å². The summed E-state index contributed by atoms with van der Waals surface area (Å²) in [6.45, 7) is 5.38. The van der Waals surface area contributed by atoms with Gasteiger partial charge in [0.25, 0.3) is 0 Å². The van der Waals surface area contributed by atoms with Crippen LogP contribution < -0.4 is 10.6 Å². The van der Waals surface area contributed by atoms with E-state index in [1.807, 2.05) is 38.3 Å². The maximum atomic E-state index is 12.8. The van der Waals surface area contributed by atoms with Gasteiger partial charge in [0.2, 0.25) is 0 Å². The van der Waals surface area contributed by atoms with Crippen molar-refractivity contribution in [2.45, 2.75) is 44.8 Å². The Labute approximate surface area is 202 Å². The number of aromatic nitrogens is 2. The molecule has 0 radical (unpaired) electrons. The summed E-state index contributed by atoms with van der Waals surface area (Å²) in [5.41, 5.74) is 3.67. The van der Waals surface area contributed by atoms with E-state index in [1.54, 1.807) is 19.1 Å². The Morgan fingerprint density at radius 1 is 1.09 bits per heavy atom. The molecule has 9 nitrogen and oxygen atoms in total. The number of ether oxygens (including phenoxy) is 2. The predicted molar refractivity (Wildman–Crippen MR) is 127 cm³/mol. The molecule has 0 saturated carbocycles. The lowest BCUT2D eigenvalue weighted by molar-refractivity contribution is -0.143. The van der Waals surface area contributed by atoms with E-state index in [1.165, 1.54) is 11.8 Å². The van der Waals surface area contributed by atoms with Gasteiger partial charge in [-0.05, 0) is 44.6 Å². The highest BCUT2D eigenvalue weighted by Crippen LogP contribution is 2.28. The van der Waals surface area contributed by atoms with Gasteiger partial charge in [-0.15, -0.1) is 0 Å². The Morgan fingerprint density at radius 3 is 2.38 bits per heavy atom. The zero-order chi connectivity index (χ0) is 24.7. The minimum absolute atomic E-state index is 0.111. The number of carbonyl (C=O) groups is 3. The molecule has 2 aromatic rings. The zero-order valence-electron chi connectivity index (χ0n) is 19.6. The van der Waals surface area contributed by atoms with Crippen LogP contribution in [-0.4, -0.2) is 47.4 Å². The fraction of sp³-hybridized carbons (Fsp3) is 0.375. The summed E-state index contributed by atoms with van der Waals surface area (Å²) in [6.07, 6.45) is 2.45. The Hall–Kier alpha value is -3.40. The van der Waals surface area contributed by atoms with Gasteiger partial charge in [-0.2, -0.15) is 0 Å². The third-order valence-electron chi connectivity index (χ3n) is 5.32. The van der Waals surface area contributed by atoms with Crippen LogP contribution in [0.2, 0.25) is 0 Å². The number of thioether (sulfide) groups is 1. The fourth-order valence-electron chi connectivity index (χ4n) is 3.69. The first-order chi connectivity index (χ1) is 16.3. The number of urea groups is 1. The SMILES string of the molecule is CCOC(=O)C1=C(COC(=O)CCc2c(C)nc(SC)nc2C)NC(=O)NC1c1ccccc1. The molecule has 1 aromatic carbocycles. The number of carbonyl (C=O) groups excluding carboxylic acids is 3. The maximum absolute atomic E-state index is 12.8. The molecule has 0 fully saturated rings. The van der Waals surface area contributed by atoms with Gasteiger partial charge in [-0.3, -0.25) is 4.79 Å². The molecule has 2 heterocycles. The molecule has 0 spiro atoms. The van der Waals surface area contributed by atoms with Crippen LogP contribution in [0.3, 0.4) is 0 Å². The highest BCUT2D eigenvalue weighted by Gasteiger charge is 2.34. The molecule has 1 aliphatic heterocycles. The van der Waals surface area contributed by atoms with Crippen molar-refractivity contribution in [3.8, 4) is 0 Å². The van der Waals surface area contributed by atoms with E-state index >= 15 is 0 Å². The summed E-state index contributed by atoms with van der Waals surface area (Å²) in [5.74, 6) is -1.06. The predicted octanol–water partition coefficient (Wildman–Crippen LogP) is 3.16. The summed E-state index contributed by atoms with van der Waals surface area (Å²) >= 11 is 1.46. The standard InChI is InChI=1S/C24H28N4O5S/c1-5-32-22(30)20-18(27-23(31)28-21(20)16-9-7-6-8-10-16)13-33-19(29)12-11-17-14(2)25-24(34-4)26-15(17)3/h6-10,21H,5,11-13H2,1-4H3,(H2,27,28,31). The lowest BCUT2D eigenvalue weighted by Crippen LogP contribution is -2.47. The minimum Gasteiger partial charge on any atom is -0.463 e. The molecule has 0 aliphatic carbocycles. The number of rotatable bonds is 9. The topological polar surface area (TPSA) is 120 Å². The average Bonchev–Trinajstić information content (AvgIpc) is 2.82. The second-order valence-corrected chi connectivity index (χ2v) is 8.35. The van der Waals surface area contributed by atoms with Crippen LogP contribution in [-0.2, 0) is 25.5 Å². The van der Waals surface area contributed by atoms with Crippen LogP contribution in [0.25, 0.3) is 0 Å². The van der Waals surface area contributed by atoms with Gasteiger partial charge in [0.05, 0.1) is 23.9 Å². The molecule has 1 unspecified atom stereocenters. The first-order valence-corrected chi connectivity index (χ1v) is 12.1. The lowest BCUT2D eigenvalue weighted by Gasteiger charge is -2.29. The minimum atomic E-state index is -0.722. The number of amides is 2. The lowest BCUT2D eigenvalue weighted by atomic mass is 9.95. The van der Waals surface area contributed by atoms with E-state index in [-0.39, 0.29) is 30.9 Å². The van der Waals surface area contributed by atoms with Crippen molar-refractivity contribution in [1.29, 1.82) is 0 Å². The van der Waals surface area contributed by atoms with E-state index in [9.17, 15) is 14.4 Å². The number of hydrogen-bond acceptors (Lipinski definition) is 8. The molecule has 1 atom stereocenters. The normalized spacial score (nSPS) is 15.4. The fourth-order valence-corrected chi connectivity index (χ4v) is 4.15. The Morgan fingerprint density at radius 2 is 1.76 bits per heavy atom. The molecule has 2 amide bonds. The van der Waals surface area contributed by atoms with E-state index in [0.717, 1.165) is 17.0 Å². The maximum Gasteiger partial charge on any atom is 0.338 e. The van der Waals surface area contributed by atoms with Crippen LogP contribution in [0, 0.1) is 13.8 Å². The van der Waals surface area contributed by atoms with Crippen LogP contribution in [0.15, 0.2) is 46.8 Å². The van der Waals surface area contributed by atoms with E-state index in [2.05, 4.69) is 20.6 Å². The summed E-state index contributed by atoms with van der Waals surface area (Å²) in [7, 11) is 0. The molecule has 1 aliphatic rings. The highest BCUT2D eigenvalue weighted by atomic mass is 32.2. The van der Waals surface area contributed by atoms with Gasteiger partial charge in [-0.25, -0.2) is 19.6 Å². The molecular formula is C24H28N4O5S. The molecule has 0 saturated heterocycles. The second-order valence-electron chi connectivity index (χ2n) is 7.58. The number of esters is 2. The van der Waals surface area contributed by atoms with Crippen molar-refractivity contribution < 1.29 is 23.9 Å². The van der Waals surface area contributed by atoms with Gasteiger partial charge in [0.15, 0.2) is 5.16 Å². The van der Waals surface area contributed by atoms with Crippen LogP contribution in [0.4, 0.5) is 4.79 Å². The number of hydrogen-bond donors (Lipinski definition) is 2. The average molecular weight is 485 g/mol. The first-order valence-electron chi connectivity index (χ1n) is 10.9. The quantitative estimate of drug-likeness (QED) is 0.316. The summed E-state index contributed by atoms with van der Waals surface area (Å²) < 4.78 is 10.6. The number of nitrogens with zero attached hydrogens (tertiary/aromatic N) is 2. The van der Waals surface area contributed by atoms with Gasteiger partial charge in [-0.1, -0.05) is 42.1 Å². The van der Waals surface area contributed by atoms with Crippen molar-refractivity contribution in [1.82, 2.24) is 20.6 Å². The van der Waals surface area contributed by atoms with Gasteiger partial charge in [0, 0.05) is 17.8 Å². The molecule has 180 valence electrons.